The van der Waals surface area contributed by atoms with Crippen LogP contribution in [0.3, 0.4) is 0 Å². The summed E-state index contributed by atoms with van der Waals surface area (Å²) >= 11 is 0. The number of esters is 1. The molecule has 0 aromatic heterocycles. The van der Waals surface area contributed by atoms with E-state index in [4.69, 9.17) is 4.74 Å². The van der Waals surface area contributed by atoms with Gasteiger partial charge in [-0.05, 0) is 62.3 Å². The molecule has 1 unspecified atom stereocenters. The Labute approximate surface area is 363 Å². The predicted octanol–water partition coefficient (Wildman–Crippen LogP) is 2.52. The summed E-state index contributed by atoms with van der Waals surface area (Å²) in [5.41, 5.74) is 4.12. The molecule has 0 radical (unpaired) electrons. The topological polar surface area (TPSA) is 232 Å². The molecule has 4 amide bonds. The van der Waals surface area contributed by atoms with Gasteiger partial charge in [0.05, 0.1) is 18.1 Å². The van der Waals surface area contributed by atoms with E-state index < -0.39 is 77.9 Å². The normalized spacial score (nSPS) is 29.0. The van der Waals surface area contributed by atoms with Crippen LogP contribution in [-0.2, 0) is 44.7 Å². The number of hydrazine groups is 1. The van der Waals surface area contributed by atoms with Gasteiger partial charge in [-0.15, -0.1) is 0 Å². The molecule has 4 rings (SSSR count). The fourth-order valence-corrected chi connectivity index (χ4v) is 7.52. The van der Waals surface area contributed by atoms with E-state index in [-0.39, 0.29) is 55.5 Å². The molecule has 1 aromatic carbocycles. The van der Waals surface area contributed by atoms with Gasteiger partial charge in [-0.2, -0.15) is 0 Å². The molecular weight excluding hydrogens is 799 g/mol. The van der Waals surface area contributed by atoms with Crippen molar-refractivity contribution < 1.29 is 53.6 Å². The number of nitrogens with one attached hydrogen (secondary N) is 3. The first-order chi connectivity index (χ1) is 29.4. The summed E-state index contributed by atoms with van der Waals surface area (Å²) in [5.74, 6) is -5.59. The summed E-state index contributed by atoms with van der Waals surface area (Å²) in [7, 11) is 0. The Morgan fingerprint density at radius 3 is 2.39 bits per heavy atom. The molecule has 6 N–H and O–H groups in total. The Balaban J connectivity index is 1.69. The predicted molar refractivity (Wildman–Crippen MR) is 229 cm³/mol. The molecule has 338 valence electrons. The number of piperidine rings is 1. The van der Waals surface area contributed by atoms with Crippen molar-refractivity contribution in [1.29, 1.82) is 0 Å². The highest BCUT2D eigenvalue weighted by Crippen LogP contribution is 2.24. The van der Waals surface area contributed by atoms with Gasteiger partial charge in [0.2, 0.25) is 17.7 Å². The van der Waals surface area contributed by atoms with Gasteiger partial charge >= 0.3 is 5.97 Å². The van der Waals surface area contributed by atoms with Crippen LogP contribution >= 0.6 is 0 Å². The number of likely N-dealkylation sites (tertiary alicyclic amines) is 1. The Morgan fingerprint density at radius 1 is 0.984 bits per heavy atom. The molecule has 1 aromatic rings. The zero-order chi connectivity index (χ0) is 45.5. The number of ketones is 2. The van der Waals surface area contributed by atoms with E-state index in [2.05, 4.69) is 16.1 Å². The molecule has 3 aliphatic rings. The van der Waals surface area contributed by atoms with Crippen LogP contribution in [0.25, 0.3) is 0 Å². The average Bonchev–Trinajstić information content (AvgIpc) is 3.23. The summed E-state index contributed by atoms with van der Waals surface area (Å²) in [6.07, 6.45) is 8.90. The molecule has 16 nitrogen and oxygen atoms in total. The average molecular weight is 862 g/mol. The molecule has 0 aliphatic carbocycles. The van der Waals surface area contributed by atoms with Crippen LogP contribution in [0.15, 0.2) is 72.4 Å². The number of aliphatic hydroxyl groups excluding tert-OH is 2. The number of amides is 4. The quantitative estimate of drug-likeness (QED) is 0.120. The summed E-state index contributed by atoms with van der Waals surface area (Å²) in [4.78, 5) is 94.3. The smallest absolute Gasteiger partial charge is 0.325 e. The Morgan fingerprint density at radius 2 is 1.71 bits per heavy atom. The first kappa shape index (κ1) is 49.2. The molecule has 8 atom stereocenters. The molecule has 3 aliphatic heterocycles. The highest BCUT2D eigenvalue weighted by molar-refractivity contribution is 5.93. The Kier molecular flexibility index (Phi) is 18.8. The highest BCUT2D eigenvalue weighted by atomic mass is 16.5. The number of aromatic hydroxyl groups is 1. The van der Waals surface area contributed by atoms with E-state index in [0.29, 0.717) is 49.9 Å². The van der Waals surface area contributed by atoms with Crippen LogP contribution in [0.2, 0.25) is 0 Å². The number of fused-ring (bicyclic) bond motifs is 2. The Hall–Kier alpha value is -5.45. The van der Waals surface area contributed by atoms with Gasteiger partial charge in [-0.1, -0.05) is 69.4 Å². The van der Waals surface area contributed by atoms with Crippen LogP contribution in [0.5, 0.6) is 5.75 Å². The van der Waals surface area contributed by atoms with Crippen molar-refractivity contribution in [1.82, 2.24) is 26.0 Å². The fraction of sp³-hybridized carbons (Fsp3) is 0.543. The third kappa shape index (κ3) is 14.6. The molecular formula is C46H63N5O11. The van der Waals surface area contributed by atoms with E-state index >= 15 is 0 Å². The second-order valence-corrected chi connectivity index (χ2v) is 16.8. The van der Waals surface area contributed by atoms with E-state index in [0.717, 1.165) is 0 Å². The number of phenols is 1. The van der Waals surface area contributed by atoms with Gasteiger partial charge in [0.15, 0.2) is 0 Å². The van der Waals surface area contributed by atoms with E-state index in [9.17, 15) is 48.9 Å². The summed E-state index contributed by atoms with van der Waals surface area (Å²) in [6.45, 7) is 8.97. The molecule has 16 heteroatoms. The summed E-state index contributed by atoms with van der Waals surface area (Å²) in [5, 5.41) is 39.6. The number of hydrogen-bond donors (Lipinski definition) is 6. The molecule has 2 bridgehead atoms. The summed E-state index contributed by atoms with van der Waals surface area (Å²) in [6, 6.07) is 2.85. The summed E-state index contributed by atoms with van der Waals surface area (Å²) < 4.78 is 6.04. The molecule has 62 heavy (non-hydrogen) atoms. The van der Waals surface area contributed by atoms with Gasteiger partial charge < -0.3 is 40.4 Å². The minimum Gasteiger partial charge on any atom is -0.508 e. The van der Waals surface area contributed by atoms with Crippen LogP contribution in [0, 0.1) is 17.8 Å². The van der Waals surface area contributed by atoms with Crippen molar-refractivity contribution in [2.24, 2.45) is 17.8 Å². The van der Waals surface area contributed by atoms with Crippen LogP contribution in [0.1, 0.15) is 85.1 Å². The van der Waals surface area contributed by atoms with Gasteiger partial charge in [0.25, 0.3) is 5.91 Å². The number of rotatable bonds is 9. The first-order valence-electron chi connectivity index (χ1n) is 21.5. The van der Waals surface area contributed by atoms with E-state index in [1.165, 1.54) is 36.2 Å². The van der Waals surface area contributed by atoms with Gasteiger partial charge in [-0.3, -0.25) is 33.8 Å². The SMILES string of the molecule is CC(=O)CC[C@H]1C(=O)N[C@@H](C(C)C)C(=O)N[C@@H](Cc2cccc(O)c2)C(=O)N2CCCC(N2)C(=O)O[C@H](/C(C)=C/C=C/C(=O)N2CCC(=O)CC2)C/C=C/C=C/[C@H](O)[C@H](C)[C@H]1O. The van der Waals surface area contributed by atoms with Crippen molar-refractivity contribution in [3.05, 3.63) is 77.9 Å². The number of nitrogens with zero attached hydrogens (tertiary/aromatic N) is 2. The van der Waals surface area contributed by atoms with E-state index in [1.807, 2.05) is 0 Å². The second-order valence-electron chi connectivity index (χ2n) is 16.8. The van der Waals surface area contributed by atoms with Crippen molar-refractivity contribution in [3.63, 3.8) is 0 Å². The van der Waals surface area contributed by atoms with Gasteiger partial charge in [0.1, 0.15) is 41.5 Å². The van der Waals surface area contributed by atoms with Gasteiger partial charge in [-0.25, -0.2) is 5.43 Å². The molecule has 2 fully saturated rings. The van der Waals surface area contributed by atoms with Crippen molar-refractivity contribution in [3.8, 4) is 5.75 Å². The molecule has 0 spiro atoms. The van der Waals surface area contributed by atoms with Crippen molar-refractivity contribution in [2.45, 2.75) is 122 Å². The van der Waals surface area contributed by atoms with Gasteiger partial charge in [0, 0.05) is 63.7 Å². The number of benzene rings is 1. The number of carbonyl (C=O) groups excluding carboxylic acids is 7. The lowest BCUT2D eigenvalue weighted by Gasteiger charge is -2.36. The lowest BCUT2D eigenvalue weighted by Crippen LogP contribution is -2.62. The zero-order valence-corrected chi connectivity index (χ0v) is 36.3. The number of Topliss-reactive ketones (excluding diaryl/α,β-unsaturated/α-hetero) is 2. The minimum absolute atomic E-state index is 0.0360. The number of aliphatic hydroxyl groups is 2. The third-order valence-corrected chi connectivity index (χ3v) is 11.5. The van der Waals surface area contributed by atoms with E-state index in [1.54, 1.807) is 75.1 Å². The van der Waals surface area contributed by atoms with Crippen LogP contribution in [-0.4, -0.2) is 122 Å². The highest BCUT2D eigenvalue weighted by Gasteiger charge is 2.38. The number of hydrogen-bond acceptors (Lipinski definition) is 12. The maximum absolute atomic E-state index is 14.4. The number of carbonyl (C=O) groups is 7. The van der Waals surface area contributed by atoms with Crippen molar-refractivity contribution in [2.75, 3.05) is 19.6 Å². The standard InChI is InChI=1S/C46H63N5O11/c1-28(2)41-44(59)47-37(27-32-13-10-14-34(54)26-32)45(60)51-23-11-15-36(49-51)46(61)62-39(29(3)12-9-18-40(56)50-24-21-33(53)22-25-50)17-8-6-7-16-38(55)31(5)42(57)35(43(58)48-41)20-19-30(4)52/h6-10,12-14,16,18,26,28,31,35-39,41-42,49,54-55,57H,11,15,17,19-25,27H2,1-5H3,(H,47,59)(H,48,58)/b8-6+,16-7+,18-9+,29-12+/t31-,35+,36?,37-,38-,39-,41-,42+/m0/s1. The molecule has 2 saturated heterocycles. The van der Waals surface area contributed by atoms with Crippen LogP contribution < -0.4 is 16.1 Å². The van der Waals surface area contributed by atoms with Crippen molar-refractivity contribution >= 4 is 41.2 Å². The minimum atomic E-state index is -1.43. The fourth-order valence-electron chi connectivity index (χ4n) is 7.52. The maximum atomic E-state index is 14.4. The number of phenolic OH excluding ortho intramolecular Hbond substituents is 1. The molecule has 0 saturated carbocycles. The first-order valence-corrected chi connectivity index (χ1v) is 21.5. The lowest BCUT2D eigenvalue weighted by atomic mass is 9.84. The monoisotopic (exact) mass is 861 g/mol. The molecule has 3 heterocycles. The largest absolute Gasteiger partial charge is 0.508 e. The second kappa shape index (κ2) is 23.7. The third-order valence-electron chi connectivity index (χ3n) is 11.5. The zero-order valence-electron chi connectivity index (χ0n) is 36.3. The Bertz CT molecular complexity index is 1900. The lowest BCUT2D eigenvalue weighted by molar-refractivity contribution is -0.156. The number of ether oxygens (including phenoxy) is 1. The van der Waals surface area contributed by atoms with Crippen LogP contribution in [0.4, 0.5) is 0 Å². The number of cyclic esters (lactones) is 1. The number of allylic oxidation sites excluding steroid dienone is 4. The maximum Gasteiger partial charge on any atom is 0.325 e.